The molecule has 1 fully saturated rings. The lowest BCUT2D eigenvalue weighted by molar-refractivity contribution is -0.148. The van der Waals surface area contributed by atoms with Gasteiger partial charge in [0.25, 0.3) is 5.56 Å². The number of aromatic amines is 1. The summed E-state index contributed by atoms with van der Waals surface area (Å²) in [5.74, 6) is -0.415. The number of carbonyl (C=O) groups is 1. The minimum Gasteiger partial charge on any atom is -0.462 e. The molecule has 2 heterocycles. The SMILES string of the molecule is [B][C@]1(Cl)[C@H](O)[C@@H](COP(=O)(N[C@@H](C)COC(=O)COC)Oc2ccccc2)O[C@H]1n1ccc(=O)[nH]c1=O. The van der Waals surface area contributed by atoms with Gasteiger partial charge in [-0.25, -0.2) is 19.2 Å². The van der Waals surface area contributed by atoms with Crippen LogP contribution in [0.3, 0.4) is 0 Å². The Kier molecular flexibility index (Phi) is 9.76. The number of methoxy groups -OCH3 is 1. The Bertz CT molecular complexity index is 1230. The van der Waals surface area contributed by atoms with Crippen molar-refractivity contribution in [2.24, 2.45) is 0 Å². The van der Waals surface area contributed by atoms with Gasteiger partial charge in [0.2, 0.25) is 0 Å². The second kappa shape index (κ2) is 12.4. The fraction of sp³-hybridized carbons (Fsp3) is 0.476. The third-order valence-corrected chi connectivity index (χ3v) is 7.21. The molecular formula is C21H26BClN3O10P. The van der Waals surface area contributed by atoms with E-state index in [1.165, 1.54) is 7.11 Å². The average molecular weight is 558 g/mol. The van der Waals surface area contributed by atoms with Gasteiger partial charge in [-0.1, -0.05) is 18.2 Å². The lowest BCUT2D eigenvalue weighted by Gasteiger charge is -2.27. The molecule has 2 aromatic rings. The highest BCUT2D eigenvalue weighted by molar-refractivity contribution is 7.52. The zero-order valence-corrected chi connectivity index (χ0v) is 21.6. The van der Waals surface area contributed by atoms with Crippen molar-refractivity contribution in [3.63, 3.8) is 0 Å². The van der Waals surface area contributed by atoms with Crippen molar-refractivity contribution >= 4 is 33.2 Å². The number of aliphatic hydroxyl groups excluding tert-OH is 1. The molecule has 1 aliphatic rings. The van der Waals surface area contributed by atoms with E-state index in [0.29, 0.717) is 0 Å². The number of alkyl halides is 1. The molecule has 0 aliphatic carbocycles. The predicted octanol–water partition coefficient (Wildman–Crippen LogP) is 0.270. The molecule has 16 heteroatoms. The second-order valence-corrected chi connectivity index (χ2v) is 10.5. The van der Waals surface area contributed by atoms with Crippen LogP contribution in [0.1, 0.15) is 13.2 Å². The van der Waals surface area contributed by atoms with Crippen LogP contribution in [0.2, 0.25) is 0 Å². The summed E-state index contributed by atoms with van der Waals surface area (Å²) in [6, 6.07) is 8.49. The standard InChI is InChI=1S/C21H26BClN3O10P/c1-13(10-33-17(28)12-32-2)25-37(31,36-14-6-4-3-5-7-14)34-11-15-18(29)21(22,23)19(35-15)26-9-8-16(27)24-20(26)30/h3-9,13,15,18-19,29H,10-12H2,1-2H3,(H,25,31)(H,24,27,30)/t13-,15+,18+,19+,21-,37?/m0/s1. The van der Waals surface area contributed by atoms with E-state index in [0.717, 1.165) is 16.8 Å². The van der Waals surface area contributed by atoms with Crippen molar-refractivity contribution in [1.29, 1.82) is 0 Å². The summed E-state index contributed by atoms with van der Waals surface area (Å²) in [5, 5.41) is 13.3. The number of nitrogens with zero attached hydrogens (tertiary/aromatic N) is 1. The molecule has 3 N–H and O–H groups in total. The molecule has 0 amide bonds. The van der Waals surface area contributed by atoms with E-state index in [4.69, 9.17) is 42.7 Å². The minimum atomic E-state index is -4.16. The average Bonchev–Trinajstić information content (AvgIpc) is 3.06. The molecular weight excluding hydrogens is 531 g/mol. The topological polar surface area (TPSA) is 167 Å². The maximum Gasteiger partial charge on any atom is 0.459 e. The van der Waals surface area contributed by atoms with Crippen molar-refractivity contribution in [3.8, 4) is 5.75 Å². The number of nitrogens with one attached hydrogen (secondary N) is 2. The smallest absolute Gasteiger partial charge is 0.459 e. The van der Waals surface area contributed by atoms with Gasteiger partial charge in [0.1, 0.15) is 32.9 Å². The largest absolute Gasteiger partial charge is 0.462 e. The van der Waals surface area contributed by atoms with Crippen molar-refractivity contribution in [1.82, 2.24) is 14.6 Å². The summed E-state index contributed by atoms with van der Waals surface area (Å²) < 4.78 is 39.1. The van der Waals surface area contributed by atoms with Crippen LogP contribution in [0.4, 0.5) is 0 Å². The van der Waals surface area contributed by atoms with Crippen LogP contribution in [-0.2, 0) is 28.1 Å². The van der Waals surface area contributed by atoms with Crippen molar-refractivity contribution in [3.05, 3.63) is 63.4 Å². The number of benzene rings is 1. The molecule has 1 saturated heterocycles. The van der Waals surface area contributed by atoms with Gasteiger partial charge in [-0.05, 0) is 19.1 Å². The molecule has 1 unspecified atom stereocenters. The maximum atomic E-state index is 13.6. The third-order valence-electron chi connectivity index (χ3n) is 5.10. The van der Waals surface area contributed by atoms with Gasteiger partial charge in [0.15, 0.2) is 6.23 Å². The summed E-state index contributed by atoms with van der Waals surface area (Å²) >= 11 is 6.31. The zero-order chi connectivity index (χ0) is 27.2. The molecule has 2 radical (unpaired) electrons. The number of aromatic nitrogens is 2. The van der Waals surface area contributed by atoms with Crippen LogP contribution in [0.25, 0.3) is 0 Å². The molecule has 200 valence electrons. The van der Waals surface area contributed by atoms with Crippen molar-refractivity contribution in [2.45, 2.75) is 36.2 Å². The van der Waals surface area contributed by atoms with Gasteiger partial charge < -0.3 is 23.8 Å². The van der Waals surface area contributed by atoms with E-state index >= 15 is 0 Å². The molecule has 0 bridgehead atoms. The number of esters is 1. The van der Waals surface area contributed by atoms with E-state index < -0.39 is 60.8 Å². The Balaban J connectivity index is 1.74. The molecule has 6 atom stereocenters. The first-order chi connectivity index (χ1) is 17.4. The third kappa shape index (κ3) is 7.54. The Morgan fingerprint density at radius 2 is 2.05 bits per heavy atom. The summed E-state index contributed by atoms with van der Waals surface area (Å²) in [6.45, 7) is 0.612. The highest BCUT2D eigenvalue weighted by Gasteiger charge is 2.53. The van der Waals surface area contributed by atoms with Crippen LogP contribution in [0.5, 0.6) is 5.75 Å². The monoisotopic (exact) mass is 557 g/mol. The molecule has 13 nitrogen and oxygen atoms in total. The molecule has 1 aromatic heterocycles. The highest BCUT2D eigenvalue weighted by atomic mass is 35.5. The van der Waals surface area contributed by atoms with Gasteiger partial charge in [-0.15, -0.1) is 11.6 Å². The Morgan fingerprint density at radius 3 is 2.70 bits per heavy atom. The predicted molar refractivity (Wildman–Crippen MR) is 132 cm³/mol. The summed E-state index contributed by atoms with van der Waals surface area (Å²) in [4.78, 5) is 37.2. The van der Waals surface area contributed by atoms with E-state index in [2.05, 4.69) is 5.09 Å². The Morgan fingerprint density at radius 1 is 1.35 bits per heavy atom. The number of para-hydroxylation sites is 1. The Labute approximate surface area is 218 Å². The normalized spacial score (nSPS) is 25.8. The van der Waals surface area contributed by atoms with Gasteiger partial charge in [0, 0.05) is 25.4 Å². The first-order valence-corrected chi connectivity index (χ1v) is 12.9. The Hall–Kier alpha value is -2.45. The first-order valence-electron chi connectivity index (χ1n) is 11.0. The lowest BCUT2D eigenvalue weighted by Crippen LogP contribution is -2.45. The fourth-order valence-corrected chi connectivity index (χ4v) is 5.20. The molecule has 1 aliphatic heterocycles. The molecule has 0 spiro atoms. The molecule has 37 heavy (non-hydrogen) atoms. The fourth-order valence-electron chi connectivity index (χ4n) is 3.36. The molecule has 3 rings (SSSR count). The number of H-pyrrole nitrogens is 1. The first kappa shape index (κ1) is 29.1. The number of carbonyl (C=O) groups excluding carboxylic acids is 1. The second-order valence-electron chi connectivity index (χ2n) is 8.16. The van der Waals surface area contributed by atoms with Crippen LogP contribution in [0.15, 0.2) is 52.2 Å². The van der Waals surface area contributed by atoms with Crippen molar-refractivity contribution in [2.75, 3.05) is 26.9 Å². The lowest BCUT2D eigenvalue weighted by atomic mass is 9.79. The zero-order valence-electron chi connectivity index (χ0n) is 19.9. The van der Waals surface area contributed by atoms with Crippen molar-refractivity contribution < 1.29 is 37.7 Å². The molecule has 0 saturated carbocycles. The number of rotatable bonds is 12. The van der Waals surface area contributed by atoms with Crippen LogP contribution in [-0.4, -0.2) is 78.4 Å². The molecule has 1 aromatic carbocycles. The van der Waals surface area contributed by atoms with E-state index in [1.807, 2.05) is 4.98 Å². The van der Waals surface area contributed by atoms with Gasteiger partial charge >= 0.3 is 19.4 Å². The van der Waals surface area contributed by atoms with Crippen LogP contribution >= 0.6 is 19.3 Å². The highest BCUT2D eigenvalue weighted by Crippen LogP contribution is 2.47. The van der Waals surface area contributed by atoms with E-state index in [1.54, 1.807) is 37.3 Å². The van der Waals surface area contributed by atoms with E-state index in [9.17, 15) is 24.1 Å². The summed E-state index contributed by atoms with van der Waals surface area (Å²) in [5.41, 5.74) is -1.51. The summed E-state index contributed by atoms with van der Waals surface area (Å²) in [6.07, 6.45) is -3.13. The van der Waals surface area contributed by atoms with Gasteiger partial charge in [-0.2, -0.15) is 0 Å². The number of aliphatic hydroxyl groups is 1. The number of halogens is 1. The number of hydrogen-bond acceptors (Lipinski definition) is 10. The number of hydrogen-bond donors (Lipinski definition) is 3. The van der Waals surface area contributed by atoms with Crippen LogP contribution < -0.4 is 20.9 Å². The summed E-state index contributed by atoms with van der Waals surface area (Å²) in [7, 11) is 3.22. The van der Waals surface area contributed by atoms with Crippen LogP contribution in [0, 0.1) is 0 Å². The minimum absolute atomic E-state index is 0.180. The van der Waals surface area contributed by atoms with E-state index in [-0.39, 0.29) is 19.0 Å². The van der Waals surface area contributed by atoms with Gasteiger partial charge in [0.05, 0.1) is 17.5 Å². The van der Waals surface area contributed by atoms with Gasteiger partial charge in [-0.3, -0.25) is 18.9 Å². The number of ether oxygens (including phenoxy) is 3. The quantitative estimate of drug-likeness (QED) is 0.142. The maximum absolute atomic E-state index is 13.6.